The van der Waals surface area contributed by atoms with Crippen LogP contribution in [-0.2, 0) is 19.1 Å². The number of fused-ring (bicyclic) bond motifs is 1. The Morgan fingerprint density at radius 2 is 1.76 bits per heavy atom. The van der Waals surface area contributed by atoms with Crippen LogP contribution in [0.4, 0.5) is 30.7 Å². The highest BCUT2D eigenvalue weighted by molar-refractivity contribution is 5.93. The van der Waals surface area contributed by atoms with E-state index in [1.165, 1.54) is 6.20 Å². The molecule has 182 valence electrons. The maximum Gasteiger partial charge on any atom is 0.573 e. The van der Waals surface area contributed by atoms with Crippen LogP contribution in [-0.4, -0.2) is 27.0 Å². The Morgan fingerprint density at radius 1 is 1.03 bits per heavy atom. The zero-order valence-corrected chi connectivity index (χ0v) is 17.3. The van der Waals surface area contributed by atoms with Gasteiger partial charge < -0.3 is 10.5 Å². The van der Waals surface area contributed by atoms with Crippen LogP contribution < -0.4 is 10.5 Å². The van der Waals surface area contributed by atoms with Gasteiger partial charge in [-0.15, -0.1) is 13.2 Å². The first kappa shape index (κ1) is 25.0. The van der Waals surface area contributed by atoms with Gasteiger partial charge in [-0.1, -0.05) is 0 Å². The fraction of sp³-hybridized carbons (Fsp3) is 0.286. The zero-order valence-electron chi connectivity index (χ0n) is 17.3. The summed E-state index contributed by atoms with van der Waals surface area (Å²) in [4.78, 5) is 14.0. The van der Waals surface area contributed by atoms with Gasteiger partial charge in [0, 0.05) is 29.6 Å². The Hall–Kier alpha value is -3.64. The second kappa shape index (κ2) is 9.69. The molecule has 1 aliphatic rings. The highest BCUT2D eigenvalue weighted by atomic mass is 19.4. The monoisotopic (exact) mass is 490 g/mol. The zero-order chi connectivity index (χ0) is 25.1. The van der Waals surface area contributed by atoms with Crippen molar-refractivity contribution in [3.8, 4) is 17.0 Å². The number of primary amides is 1. The standard InChI is InChI=1S/C13H12F3N3.C8H5F4NO2/c14-13(15,16)12-7-9(4-5-17-12)11-8-10-3-1-2-6-19(10)18-11;9-5-2-1-4(7(13)14)3-6(5)15-8(10,11)12/h4-5,7-8H,1-3,6H2;1-3H,(H2,13,14). The number of hydrogen-bond donors (Lipinski definition) is 1. The SMILES string of the molecule is FC(F)(F)c1cc(-c2cc3n(n2)CCCC3)ccn1.NC(=O)c1ccc(F)c(OC(F)(F)F)c1. The first-order valence-electron chi connectivity index (χ1n) is 9.79. The summed E-state index contributed by atoms with van der Waals surface area (Å²) in [5, 5.41) is 4.37. The number of nitrogens with zero attached hydrogens (tertiary/aromatic N) is 3. The van der Waals surface area contributed by atoms with Crippen molar-refractivity contribution in [1.29, 1.82) is 0 Å². The van der Waals surface area contributed by atoms with Gasteiger partial charge in [-0.05, 0) is 55.7 Å². The van der Waals surface area contributed by atoms with Gasteiger partial charge in [0.1, 0.15) is 5.69 Å². The minimum atomic E-state index is -5.02. The van der Waals surface area contributed by atoms with Crippen LogP contribution in [0.5, 0.6) is 5.75 Å². The molecular weight excluding hydrogens is 473 g/mol. The Balaban J connectivity index is 0.000000197. The third kappa shape index (κ3) is 6.45. The molecule has 1 aromatic carbocycles. The Labute approximate surface area is 188 Å². The normalized spacial score (nSPS) is 13.5. The number of amides is 1. The maximum absolute atomic E-state index is 12.8. The largest absolute Gasteiger partial charge is 0.573 e. The van der Waals surface area contributed by atoms with E-state index in [0.29, 0.717) is 23.4 Å². The molecule has 0 radical (unpaired) electrons. The molecule has 0 bridgehead atoms. The predicted octanol–water partition coefficient (Wildman–Crippen LogP) is 5.12. The first-order valence-corrected chi connectivity index (χ1v) is 9.79. The van der Waals surface area contributed by atoms with Crippen LogP contribution in [0, 0.1) is 5.82 Å². The van der Waals surface area contributed by atoms with E-state index in [0.717, 1.165) is 43.6 Å². The molecule has 2 aromatic heterocycles. The van der Waals surface area contributed by atoms with E-state index in [4.69, 9.17) is 5.73 Å². The second-order valence-electron chi connectivity index (χ2n) is 7.19. The van der Waals surface area contributed by atoms with Gasteiger partial charge in [-0.25, -0.2) is 4.39 Å². The van der Waals surface area contributed by atoms with Gasteiger partial charge in [-0.3, -0.25) is 14.5 Å². The van der Waals surface area contributed by atoms with E-state index in [1.54, 1.807) is 6.07 Å². The third-order valence-corrected chi connectivity index (χ3v) is 4.70. The molecule has 6 nitrogen and oxygen atoms in total. The molecule has 0 unspecified atom stereocenters. The van der Waals surface area contributed by atoms with Gasteiger partial charge in [0.2, 0.25) is 5.91 Å². The number of pyridine rings is 1. The Morgan fingerprint density at radius 3 is 2.38 bits per heavy atom. The third-order valence-electron chi connectivity index (χ3n) is 4.70. The minimum Gasteiger partial charge on any atom is -0.403 e. The van der Waals surface area contributed by atoms with Crippen molar-refractivity contribution in [2.75, 3.05) is 0 Å². The van der Waals surface area contributed by atoms with E-state index < -0.39 is 35.7 Å². The number of aromatic nitrogens is 3. The second-order valence-corrected chi connectivity index (χ2v) is 7.19. The quantitative estimate of drug-likeness (QED) is 0.517. The Kier molecular flexibility index (Phi) is 7.12. The van der Waals surface area contributed by atoms with Crippen LogP contribution in [0.25, 0.3) is 11.3 Å². The van der Waals surface area contributed by atoms with Gasteiger partial charge in [0.25, 0.3) is 0 Å². The highest BCUT2D eigenvalue weighted by Gasteiger charge is 2.33. The number of rotatable bonds is 3. The topological polar surface area (TPSA) is 83.0 Å². The van der Waals surface area contributed by atoms with Crippen molar-refractivity contribution in [1.82, 2.24) is 14.8 Å². The molecular formula is C21H17F7N4O2. The van der Waals surface area contributed by atoms with Crippen molar-refractivity contribution < 1.29 is 40.3 Å². The fourth-order valence-electron chi connectivity index (χ4n) is 3.16. The molecule has 3 heterocycles. The highest BCUT2D eigenvalue weighted by Crippen LogP contribution is 2.31. The van der Waals surface area contributed by atoms with Crippen LogP contribution in [0.1, 0.15) is 34.6 Å². The summed E-state index contributed by atoms with van der Waals surface area (Å²) in [7, 11) is 0. The van der Waals surface area contributed by atoms with Crippen molar-refractivity contribution in [2.45, 2.75) is 38.3 Å². The van der Waals surface area contributed by atoms with Gasteiger partial charge >= 0.3 is 12.5 Å². The molecule has 1 amide bonds. The molecule has 0 saturated heterocycles. The Bertz CT molecular complexity index is 1150. The molecule has 4 rings (SSSR count). The number of halogens is 7. The number of hydrogen-bond acceptors (Lipinski definition) is 4. The lowest BCUT2D eigenvalue weighted by Crippen LogP contribution is -2.19. The maximum atomic E-state index is 12.8. The number of ether oxygens (including phenoxy) is 1. The molecule has 34 heavy (non-hydrogen) atoms. The number of carbonyl (C=O) groups is 1. The fourth-order valence-corrected chi connectivity index (χ4v) is 3.16. The molecule has 0 aliphatic carbocycles. The summed E-state index contributed by atoms with van der Waals surface area (Å²) in [6.07, 6.45) is -5.15. The molecule has 0 saturated carbocycles. The summed E-state index contributed by atoms with van der Waals surface area (Å²) in [6, 6.07) is 6.69. The molecule has 2 N–H and O–H groups in total. The molecule has 0 atom stereocenters. The average Bonchev–Trinajstić information content (AvgIpc) is 3.19. The van der Waals surface area contributed by atoms with E-state index in [2.05, 4.69) is 14.8 Å². The lowest BCUT2D eigenvalue weighted by Gasteiger charge is -2.11. The summed E-state index contributed by atoms with van der Waals surface area (Å²) in [5.41, 5.74) is 5.79. The lowest BCUT2D eigenvalue weighted by molar-refractivity contribution is -0.275. The van der Waals surface area contributed by atoms with Crippen molar-refractivity contribution in [2.24, 2.45) is 5.73 Å². The lowest BCUT2D eigenvalue weighted by atomic mass is 10.1. The predicted molar refractivity (Wildman–Crippen MR) is 105 cm³/mol. The number of nitrogens with two attached hydrogens (primary N) is 1. The summed E-state index contributed by atoms with van der Waals surface area (Å²) < 4.78 is 91.1. The van der Waals surface area contributed by atoms with E-state index >= 15 is 0 Å². The number of carbonyl (C=O) groups excluding carboxylic acids is 1. The number of alkyl halides is 6. The summed E-state index contributed by atoms with van der Waals surface area (Å²) in [6.45, 7) is 0.840. The molecule has 13 heteroatoms. The van der Waals surface area contributed by atoms with Crippen LogP contribution in [0.2, 0.25) is 0 Å². The van der Waals surface area contributed by atoms with Crippen molar-refractivity contribution in [3.63, 3.8) is 0 Å². The van der Waals surface area contributed by atoms with E-state index in [9.17, 15) is 35.5 Å². The summed E-state index contributed by atoms with van der Waals surface area (Å²) in [5.74, 6) is -3.28. The minimum absolute atomic E-state index is 0.268. The van der Waals surface area contributed by atoms with Crippen LogP contribution in [0.15, 0.2) is 42.6 Å². The average molecular weight is 490 g/mol. The van der Waals surface area contributed by atoms with Gasteiger partial charge in [0.15, 0.2) is 11.6 Å². The van der Waals surface area contributed by atoms with E-state index in [1.807, 2.05) is 10.7 Å². The van der Waals surface area contributed by atoms with Gasteiger partial charge in [-0.2, -0.15) is 18.3 Å². The van der Waals surface area contributed by atoms with Crippen molar-refractivity contribution in [3.05, 3.63) is 65.4 Å². The summed E-state index contributed by atoms with van der Waals surface area (Å²) >= 11 is 0. The van der Waals surface area contributed by atoms with Gasteiger partial charge in [0.05, 0.1) is 5.69 Å². The number of aryl methyl sites for hydroxylation is 2. The molecule has 3 aromatic rings. The first-order chi connectivity index (χ1) is 15.8. The number of benzene rings is 1. The molecule has 1 aliphatic heterocycles. The van der Waals surface area contributed by atoms with Crippen molar-refractivity contribution >= 4 is 5.91 Å². The van der Waals surface area contributed by atoms with E-state index in [-0.39, 0.29) is 5.56 Å². The smallest absolute Gasteiger partial charge is 0.403 e. The molecule has 0 fully saturated rings. The van der Waals surface area contributed by atoms with Crippen LogP contribution >= 0.6 is 0 Å². The van der Waals surface area contributed by atoms with Crippen LogP contribution in [0.3, 0.4) is 0 Å². The molecule has 0 spiro atoms.